The standard InChI is InChI=1S/C13H19BrO3S/c1-4-13(14,18(16,17)5-2)12(15)11-9-7-6-8-10(11)3/h6-9,12,15H,4-5H2,1-3H3/t12-,13+/m1/s1. The molecule has 0 heterocycles. The van der Waals surface area contributed by atoms with Crippen LogP contribution in [0.1, 0.15) is 37.5 Å². The molecule has 0 fully saturated rings. The Morgan fingerprint density at radius 1 is 1.33 bits per heavy atom. The van der Waals surface area contributed by atoms with Gasteiger partial charge < -0.3 is 5.11 Å². The zero-order valence-electron chi connectivity index (χ0n) is 10.9. The van der Waals surface area contributed by atoms with Crippen molar-refractivity contribution in [3.8, 4) is 0 Å². The van der Waals surface area contributed by atoms with Crippen LogP contribution >= 0.6 is 15.9 Å². The first-order valence-electron chi connectivity index (χ1n) is 5.95. The third kappa shape index (κ3) is 2.63. The first-order valence-corrected chi connectivity index (χ1v) is 8.39. The number of aryl methyl sites for hydroxylation is 1. The molecular weight excluding hydrogens is 316 g/mol. The van der Waals surface area contributed by atoms with Gasteiger partial charge in [-0.15, -0.1) is 0 Å². The molecule has 0 saturated carbocycles. The lowest BCUT2D eigenvalue weighted by Gasteiger charge is -2.31. The molecule has 0 unspecified atom stereocenters. The summed E-state index contributed by atoms with van der Waals surface area (Å²) in [7, 11) is -3.41. The Bertz CT molecular complexity index is 513. The average Bonchev–Trinajstić information content (AvgIpc) is 2.37. The lowest BCUT2D eigenvalue weighted by atomic mass is 10.00. The molecule has 18 heavy (non-hydrogen) atoms. The quantitative estimate of drug-likeness (QED) is 0.842. The molecule has 1 aromatic rings. The van der Waals surface area contributed by atoms with E-state index in [9.17, 15) is 13.5 Å². The summed E-state index contributed by atoms with van der Waals surface area (Å²) in [5, 5.41) is 10.5. The van der Waals surface area contributed by atoms with Crippen molar-refractivity contribution >= 4 is 25.8 Å². The highest BCUT2D eigenvalue weighted by molar-refractivity contribution is 9.11. The number of hydrogen-bond acceptors (Lipinski definition) is 3. The molecule has 0 saturated heterocycles. The van der Waals surface area contributed by atoms with Gasteiger partial charge in [0.15, 0.2) is 13.5 Å². The number of halogens is 1. The highest BCUT2D eigenvalue weighted by Gasteiger charge is 2.46. The number of rotatable bonds is 5. The van der Waals surface area contributed by atoms with Crippen molar-refractivity contribution in [2.24, 2.45) is 0 Å². The summed E-state index contributed by atoms with van der Waals surface area (Å²) in [6, 6.07) is 7.28. The molecule has 0 spiro atoms. The summed E-state index contributed by atoms with van der Waals surface area (Å²) in [6.45, 7) is 5.20. The smallest absolute Gasteiger partial charge is 0.168 e. The molecule has 1 aromatic carbocycles. The van der Waals surface area contributed by atoms with Gasteiger partial charge in [0.25, 0.3) is 0 Å². The van der Waals surface area contributed by atoms with Gasteiger partial charge in [0.2, 0.25) is 0 Å². The minimum atomic E-state index is -3.41. The second-order valence-electron chi connectivity index (χ2n) is 4.30. The molecule has 5 heteroatoms. The van der Waals surface area contributed by atoms with Gasteiger partial charge in [-0.2, -0.15) is 0 Å². The first kappa shape index (κ1) is 15.7. The zero-order valence-corrected chi connectivity index (χ0v) is 13.3. The Kier molecular flexibility index (Phi) is 4.98. The molecule has 0 aromatic heterocycles. The van der Waals surface area contributed by atoms with Crippen molar-refractivity contribution in [1.29, 1.82) is 0 Å². The van der Waals surface area contributed by atoms with E-state index in [1.807, 2.05) is 19.1 Å². The van der Waals surface area contributed by atoms with Crippen molar-refractivity contribution in [2.75, 3.05) is 5.75 Å². The highest BCUT2D eigenvalue weighted by atomic mass is 79.9. The summed E-state index contributed by atoms with van der Waals surface area (Å²) >= 11 is 3.26. The van der Waals surface area contributed by atoms with Gasteiger partial charge in [0.1, 0.15) is 6.10 Å². The second-order valence-corrected chi connectivity index (χ2v) is 8.78. The van der Waals surface area contributed by atoms with Crippen LogP contribution in [0.25, 0.3) is 0 Å². The number of alkyl halides is 1. The van der Waals surface area contributed by atoms with Gasteiger partial charge in [-0.3, -0.25) is 0 Å². The summed E-state index contributed by atoms with van der Waals surface area (Å²) in [5.74, 6) is -0.00493. The molecule has 0 aliphatic rings. The second kappa shape index (κ2) is 5.72. The van der Waals surface area contributed by atoms with E-state index in [1.54, 1.807) is 26.0 Å². The first-order chi connectivity index (χ1) is 8.30. The summed E-state index contributed by atoms with van der Waals surface area (Å²) in [6.07, 6.45) is -0.771. The van der Waals surface area contributed by atoms with Crippen LogP contribution < -0.4 is 0 Å². The molecular formula is C13H19BrO3S. The Labute approximate surface area is 117 Å². The molecule has 0 radical (unpaired) electrons. The average molecular weight is 335 g/mol. The van der Waals surface area contributed by atoms with E-state index >= 15 is 0 Å². The van der Waals surface area contributed by atoms with Crippen LogP contribution in [0.3, 0.4) is 0 Å². The summed E-state index contributed by atoms with van der Waals surface area (Å²) < 4.78 is 23.0. The van der Waals surface area contributed by atoms with Crippen molar-refractivity contribution in [1.82, 2.24) is 0 Å². The zero-order chi connectivity index (χ0) is 14.0. The van der Waals surface area contributed by atoms with E-state index in [1.165, 1.54) is 0 Å². The Morgan fingerprint density at radius 3 is 2.33 bits per heavy atom. The van der Waals surface area contributed by atoms with Crippen molar-refractivity contribution in [3.63, 3.8) is 0 Å². The van der Waals surface area contributed by atoms with Crippen molar-refractivity contribution in [2.45, 2.75) is 37.0 Å². The third-order valence-corrected chi connectivity index (χ3v) is 8.05. The predicted octanol–water partition coefficient (Wildman–Crippen LogP) is 2.96. The lowest BCUT2D eigenvalue weighted by molar-refractivity contribution is 0.159. The molecule has 0 aliphatic heterocycles. The van der Waals surface area contributed by atoms with Gasteiger partial charge in [-0.1, -0.05) is 54.0 Å². The number of benzene rings is 1. The van der Waals surface area contributed by atoms with Gasteiger partial charge in [0, 0.05) is 5.75 Å². The van der Waals surface area contributed by atoms with Gasteiger partial charge in [-0.05, 0) is 24.5 Å². The molecule has 102 valence electrons. The van der Waals surface area contributed by atoms with Crippen LogP contribution in [0.15, 0.2) is 24.3 Å². The van der Waals surface area contributed by atoms with E-state index in [0.29, 0.717) is 12.0 Å². The SMILES string of the molecule is CC[C@@](Br)([C@H](O)c1ccccc1C)S(=O)(=O)CC. The van der Waals surface area contributed by atoms with Crippen LogP contribution in [0.5, 0.6) is 0 Å². The summed E-state index contributed by atoms with van der Waals surface area (Å²) in [4.78, 5) is 0. The molecule has 1 rings (SSSR count). The Hall–Kier alpha value is -0.390. The van der Waals surface area contributed by atoms with E-state index in [4.69, 9.17) is 0 Å². The maximum absolute atomic E-state index is 12.2. The summed E-state index contributed by atoms with van der Waals surface area (Å²) in [5.41, 5.74) is 1.53. The van der Waals surface area contributed by atoms with Crippen LogP contribution in [-0.4, -0.2) is 22.9 Å². The van der Waals surface area contributed by atoms with Crippen LogP contribution in [0.4, 0.5) is 0 Å². The monoisotopic (exact) mass is 334 g/mol. The van der Waals surface area contributed by atoms with E-state index in [2.05, 4.69) is 15.9 Å². The van der Waals surface area contributed by atoms with Crippen molar-refractivity contribution < 1.29 is 13.5 Å². The number of sulfone groups is 1. The Balaban J connectivity index is 3.31. The van der Waals surface area contributed by atoms with Crippen LogP contribution in [0.2, 0.25) is 0 Å². The minimum absolute atomic E-state index is 0.00493. The molecule has 1 N–H and O–H groups in total. The fourth-order valence-electron chi connectivity index (χ4n) is 1.95. The van der Waals surface area contributed by atoms with Gasteiger partial charge >= 0.3 is 0 Å². The fraction of sp³-hybridized carbons (Fsp3) is 0.538. The predicted molar refractivity (Wildman–Crippen MR) is 77.5 cm³/mol. The normalized spacial score (nSPS) is 17.2. The number of aliphatic hydroxyl groups excluding tert-OH is 1. The fourth-order valence-corrected chi connectivity index (χ4v) is 4.27. The number of hydrogen-bond donors (Lipinski definition) is 1. The van der Waals surface area contributed by atoms with E-state index in [-0.39, 0.29) is 5.75 Å². The Morgan fingerprint density at radius 2 is 1.89 bits per heavy atom. The largest absolute Gasteiger partial charge is 0.386 e. The van der Waals surface area contributed by atoms with Gasteiger partial charge in [-0.25, -0.2) is 8.42 Å². The highest BCUT2D eigenvalue weighted by Crippen LogP contribution is 2.42. The molecule has 0 bridgehead atoms. The molecule has 0 amide bonds. The molecule has 2 atom stereocenters. The van der Waals surface area contributed by atoms with Crippen LogP contribution in [0, 0.1) is 6.92 Å². The maximum Gasteiger partial charge on any atom is 0.168 e. The van der Waals surface area contributed by atoms with Crippen LogP contribution in [-0.2, 0) is 9.84 Å². The molecule has 0 aliphatic carbocycles. The molecule has 3 nitrogen and oxygen atoms in total. The van der Waals surface area contributed by atoms with Crippen molar-refractivity contribution in [3.05, 3.63) is 35.4 Å². The van der Waals surface area contributed by atoms with E-state index in [0.717, 1.165) is 5.56 Å². The number of aliphatic hydroxyl groups is 1. The minimum Gasteiger partial charge on any atom is -0.386 e. The van der Waals surface area contributed by atoms with Gasteiger partial charge in [0.05, 0.1) is 0 Å². The third-order valence-electron chi connectivity index (χ3n) is 3.27. The maximum atomic E-state index is 12.2. The lowest BCUT2D eigenvalue weighted by Crippen LogP contribution is -2.39. The topological polar surface area (TPSA) is 54.4 Å². The van der Waals surface area contributed by atoms with E-state index < -0.39 is 19.6 Å².